The highest BCUT2D eigenvalue weighted by molar-refractivity contribution is 8.00. The van der Waals surface area contributed by atoms with Crippen LogP contribution in [0, 0.1) is 18.6 Å². The number of aryl methyl sites for hydroxylation is 1. The van der Waals surface area contributed by atoms with Gasteiger partial charge in [0.1, 0.15) is 5.82 Å². The Balaban J connectivity index is 2.16. The van der Waals surface area contributed by atoms with Crippen LogP contribution in [0.1, 0.15) is 23.1 Å². The smallest absolute Gasteiger partial charge is 0.191 e. The van der Waals surface area contributed by atoms with Crippen molar-refractivity contribution in [2.75, 3.05) is 0 Å². The molecule has 0 aliphatic rings. The number of benzene rings is 1. The summed E-state index contributed by atoms with van der Waals surface area (Å²) < 4.78 is 27.8. The SMILES string of the molecule is Cc1nnc(S[C@@H](C)C(=O)c2ccc(F)c(F)c2)n1C. The molecule has 0 saturated carbocycles. The van der Waals surface area contributed by atoms with E-state index in [2.05, 4.69) is 10.2 Å². The number of nitrogens with zero attached hydrogens (tertiary/aromatic N) is 3. The van der Waals surface area contributed by atoms with Gasteiger partial charge in [0.05, 0.1) is 5.25 Å². The summed E-state index contributed by atoms with van der Waals surface area (Å²) in [7, 11) is 1.80. The Kier molecular flexibility index (Phi) is 4.17. The molecule has 0 N–H and O–H groups in total. The predicted octanol–water partition coefficient (Wildman–Crippen LogP) is 2.77. The molecule has 1 aromatic heterocycles. The minimum absolute atomic E-state index is 0.141. The number of hydrogen-bond donors (Lipinski definition) is 0. The Morgan fingerprint density at radius 1 is 1.30 bits per heavy atom. The number of rotatable bonds is 4. The first-order valence-corrected chi connectivity index (χ1v) is 6.80. The second-order valence-electron chi connectivity index (χ2n) is 4.34. The molecule has 0 saturated heterocycles. The minimum Gasteiger partial charge on any atom is -0.309 e. The summed E-state index contributed by atoms with van der Waals surface area (Å²) in [6, 6.07) is 3.14. The van der Waals surface area contributed by atoms with Gasteiger partial charge >= 0.3 is 0 Å². The number of carbonyl (C=O) groups excluding carboxylic acids is 1. The summed E-state index contributed by atoms with van der Waals surface area (Å²) in [5.74, 6) is -1.54. The first kappa shape index (κ1) is 14.6. The van der Waals surface area contributed by atoms with Crippen molar-refractivity contribution in [2.45, 2.75) is 24.3 Å². The maximum absolute atomic E-state index is 13.1. The molecule has 1 aromatic carbocycles. The van der Waals surface area contributed by atoms with Gasteiger partial charge in [-0.3, -0.25) is 4.79 Å². The van der Waals surface area contributed by atoms with Crippen LogP contribution in [-0.2, 0) is 7.05 Å². The number of halogens is 2. The second kappa shape index (κ2) is 5.70. The molecule has 0 bridgehead atoms. The quantitative estimate of drug-likeness (QED) is 0.643. The summed E-state index contributed by atoms with van der Waals surface area (Å²) in [6.45, 7) is 3.50. The lowest BCUT2D eigenvalue weighted by atomic mass is 10.1. The maximum atomic E-state index is 13.1. The monoisotopic (exact) mass is 297 g/mol. The number of hydrogen-bond acceptors (Lipinski definition) is 4. The molecule has 2 aromatic rings. The number of Topliss-reactive ketones (excluding diaryl/α,β-unsaturated/α-hetero) is 1. The molecular formula is C13H13F2N3OS. The van der Waals surface area contributed by atoms with Crippen LogP contribution in [0.4, 0.5) is 8.78 Å². The molecule has 20 heavy (non-hydrogen) atoms. The van der Waals surface area contributed by atoms with E-state index in [1.165, 1.54) is 17.8 Å². The molecule has 0 fully saturated rings. The average molecular weight is 297 g/mol. The Bertz CT molecular complexity index is 657. The molecule has 1 atom stereocenters. The van der Waals surface area contributed by atoms with Crippen molar-refractivity contribution in [3.8, 4) is 0 Å². The van der Waals surface area contributed by atoms with Gasteiger partial charge in [-0.05, 0) is 32.0 Å². The van der Waals surface area contributed by atoms with Crippen molar-refractivity contribution in [3.63, 3.8) is 0 Å². The fraction of sp³-hybridized carbons (Fsp3) is 0.308. The Morgan fingerprint density at radius 2 is 2.00 bits per heavy atom. The van der Waals surface area contributed by atoms with Gasteiger partial charge in [0.2, 0.25) is 0 Å². The van der Waals surface area contributed by atoms with Gasteiger partial charge < -0.3 is 4.57 Å². The first-order valence-electron chi connectivity index (χ1n) is 5.92. The highest BCUT2D eigenvalue weighted by Gasteiger charge is 2.20. The molecule has 0 amide bonds. The van der Waals surface area contributed by atoms with E-state index >= 15 is 0 Å². The summed E-state index contributed by atoms with van der Waals surface area (Å²) in [5, 5.41) is 7.98. The van der Waals surface area contributed by atoms with E-state index in [4.69, 9.17) is 0 Å². The maximum Gasteiger partial charge on any atom is 0.191 e. The van der Waals surface area contributed by atoms with Gasteiger partial charge in [0, 0.05) is 12.6 Å². The minimum atomic E-state index is -1.03. The predicted molar refractivity (Wildman–Crippen MR) is 71.7 cm³/mol. The molecule has 0 unspecified atom stereocenters. The fourth-order valence-corrected chi connectivity index (χ4v) is 2.52. The Labute approximate surface area is 119 Å². The van der Waals surface area contributed by atoms with Gasteiger partial charge in [0.25, 0.3) is 0 Å². The molecule has 7 heteroatoms. The largest absolute Gasteiger partial charge is 0.309 e. The second-order valence-corrected chi connectivity index (χ2v) is 5.65. The molecule has 0 aliphatic heterocycles. The van der Waals surface area contributed by atoms with E-state index in [-0.39, 0.29) is 11.3 Å². The van der Waals surface area contributed by atoms with Crippen LogP contribution < -0.4 is 0 Å². The van der Waals surface area contributed by atoms with Crippen LogP contribution in [0.15, 0.2) is 23.4 Å². The van der Waals surface area contributed by atoms with Crippen LogP contribution in [-0.4, -0.2) is 25.8 Å². The van der Waals surface area contributed by atoms with E-state index in [9.17, 15) is 13.6 Å². The molecule has 106 valence electrons. The zero-order valence-electron chi connectivity index (χ0n) is 11.2. The summed E-state index contributed by atoms with van der Waals surface area (Å²) in [6.07, 6.45) is 0. The Hall–Kier alpha value is -1.76. The third kappa shape index (κ3) is 2.87. The van der Waals surface area contributed by atoms with Crippen LogP contribution in [0.3, 0.4) is 0 Å². The van der Waals surface area contributed by atoms with Crippen molar-refractivity contribution >= 4 is 17.5 Å². The van der Waals surface area contributed by atoms with Crippen LogP contribution in [0.25, 0.3) is 0 Å². The van der Waals surface area contributed by atoms with Crippen molar-refractivity contribution < 1.29 is 13.6 Å². The first-order chi connectivity index (χ1) is 9.40. The van der Waals surface area contributed by atoms with E-state index < -0.39 is 16.9 Å². The average Bonchev–Trinajstić information content (AvgIpc) is 2.73. The van der Waals surface area contributed by atoms with E-state index in [1.807, 2.05) is 0 Å². The third-order valence-electron chi connectivity index (χ3n) is 2.91. The van der Waals surface area contributed by atoms with Crippen LogP contribution in [0.5, 0.6) is 0 Å². The molecule has 4 nitrogen and oxygen atoms in total. The van der Waals surface area contributed by atoms with Gasteiger partial charge in [-0.2, -0.15) is 0 Å². The fourth-order valence-electron chi connectivity index (χ4n) is 1.59. The zero-order valence-corrected chi connectivity index (χ0v) is 12.0. The lowest BCUT2D eigenvalue weighted by Crippen LogP contribution is -2.15. The number of ketones is 1. The van der Waals surface area contributed by atoms with Crippen molar-refractivity contribution in [1.82, 2.24) is 14.8 Å². The summed E-state index contributed by atoms with van der Waals surface area (Å²) >= 11 is 1.23. The van der Waals surface area contributed by atoms with E-state index in [1.54, 1.807) is 25.5 Å². The normalized spacial score (nSPS) is 12.4. The summed E-state index contributed by atoms with van der Waals surface area (Å²) in [5.41, 5.74) is 0.141. The van der Waals surface area contributed by atoms with Gasteiger partial charge in [0.15, 0.2) is 22.6 Å². The van der Waals surface area contributed by atoms with Crippen LogP contribution >= 0.6 is 11.8 Å². The topological polar surface area (TPSA) is 47.8 Å². The van der Waals surface area contributed by atoms with Crippen molar-refractivity contribution in [1.29, 1.82) is 0 Å². The molecular weight excluding hydrogens is 284 g/mol. The number of aromatic nitrogens is 3. The van der Waals surface area contributed by atoms with E-state index in [0.717, 1.165) is 18.0 Å². The lowest BCUT2D eigenvalue weighted by molar-refractivity contribution is 0.0993. The van der Waals surface area contributed by atoms with Gasteiger partial charge in [-0.1, -0.05) is 11.8 Å². The molecule has 1 heterocycles. The molecule has 0 radical (unpaired) electrons. The highest BCUT2D eigenvalue weighted by atomic mass is 32.2. The van der Waals surface area contributed by atoms with Gasteiger partial charge in [-0.25, -0.2) is 8.78 Å². The van der Waals surface area contributed by atoms with Gasteiger partial charge in [-0.15, -0.1) is 10.2 Å². The lowest BCUT2D eigenvalue weighted by Gasteiger charge is -2.10. The zero-order chi connectivity index (χ0) is 14.9. The molecule has 0 aliphatic carbocycles. The molecule has 0 spiro atoms. The number of carbonyl (C=O) groups is 1. The summed E-state index contributed by atoms with van der Waals surface area (Å²) in [4.78, 5) is 12.2. The van der Waals surface area contributed by atoms with Crippen molar-refractivity contribution in [2.24, 2.45) is 7.05 Å². The standard InChI is InChI=1S/C13H13F2N3OS/c1-7(20-13-17-16-8(2)18(13)3)12(19)9-4-5-10(14)11(15)6-9/h4-7H,1-3H3/t7-/m0/s1. The van der Waals surface area contributed by atoms with Crippen molar-refractivity contribution in [3.05, 3.63) is 41.2 Å². The third-order valence-corrected chi connectivity index (χ3v) is 4.04. The van der Waals surface area contributed by atoms with E-state index in [0.29, 0.717) is 5.16 Å². The Morgan fingerprint density at radius 3 is 2.55 bits per heavy atom. The van der Waals surface area contributed by atoms with Crippen LogP contribution in [0.2, 0.25) is 0 Å². The molecule has 2 rings (SSSR count). The highest BCUT2D eigenvalue weighted by Crippen LogP contribution is 2.24. The number of thioether (sulfide) groups is 1.